The third kappa shape index (κ3) is 7.11. The second-order valence-electron chi connectivity index (χ2n) is 8.40. The summed E-state index contributed by atoms with van der Waals surface area (Å²) in [6.07, 6.45) is 1.02. The molecule has 2 amide bonds. The van der Waals surface area contributed by atoms with Crippen LogP contribution in [-0.4, -0.2) is 57.1 Å². The molecule has 0 saturated carbocycles. The second kappa shape index (κ2) is 11.6. The van der Waals surface area contributed by atoms with Gasteiger partial charge in [0, 0.05) is 17.6 Å². The molecular weight excluding hydrogens is 478 g/mol. The van der Waals surface area contributed by atoms with Crippen molar-refractivity contribution in [3.8, 4) is 5.75 Å². The maximum absolute atomic E-state index is 13.6. The van der Waals surface area contributed by atoms with E-state index in [0.717, 1.165) is 16.1 Å². The number of sulfonamides is 1. The van der Waals surface area contributed by atoms with E-state index in [4.69, 9.17) is 16.3 Å². The van der Waals surface area contributed by atoms with Crippen LogP contribution in [0.3, 0.4) is 0 Å². The maximum Gasteiger partial charge on any atom is 0.244 e. The number of amides is 2. The zero-order valence-electron chi connectivity index (χ0n) is 20.3. The highest BCUT2D eigenvalue weighted by Crippen LogP contribution is 2.31. The van der Waals surface area contributed by atoms with Crippen molar-refractivity contribution in [2.75, 3.05) is 24.2 Å². The van der Waals surface area contributed by atoms with Crippen LogP contribution < -0.4 is 14.4 Å². The van der Waals surface area contributed by atoms with Crippen LogP contribution in [0.4, 0.5) is 5.69 Å². The highest BCUT2D eigenvalue weighted by Gasteiger charge is 2.31. The number of halogens is 1. The number of nitrogens with zero attached hydrogens (tertiary/aromatic N) is 2. The SMILES string of the molecule is COc1ccc(C)cc1N(CC(=O)N(Cc1ccccc1Cl)[C@@H](C)C(=O)NC(C)C)S(C)(=O)=O. The van der Waals surface area contributed by atoms with E-state index in [1.807, 2.05) is 20.8 Å². The second-order valence-corrected chi connectivity index (χ2v) is 10.7. The maximum atomic E-state index is 13.6. The average molecular weight is 510 g/mol. The summed E-state index contributed by atoms with van der Waals surface area (Å²) in [6, 6.07) is 11.1. The largest absolute Gasteiger partial charge is 0.495 e. The van der Waals surface area contributed by atoms with Crippen LogP contribution in [0.25, 0.3) is 0 Å². The Balaban J connectivity index is 2.48. The van der Waals surface area contributed by atoms with Gasteiger partial charge in [-0.25, -0.2) is 8.42 Å². The predicted molar refractivity (Wildman–Crippen MR) is 135 cm³/mol. The van der Waals surface area contributed by atoms with Crippen LogP contribution in [0.15, 0.2) is 42.5 Å². The third-order valence-corrected chi connectivity index (χ3v) is 6.67. The fraction of sp³-hybridized carbons (Fsp3) is 0.417. The molecule has 0 fully saturated rings. The molecule has 8 nitrogen and oxygen atoms in total. The van der Waals surface area contributed by atoms with Gasteiger partial charge in [0.25, 0.3) is 0 Å². The fourth-order valence-corrected chi connectivity index (χ4v) is 4.43. The van der Waals surface area contributed by atoms with Gasteiger partial charge in [-0.3, -0.25) is 13.9 Å². The van der Waals surface area contributed by atoms with E-state index in [-0.39, 0.29) is 24.2 Å². The van der Waals surface area contributed by atoms with Gasteiger partial charge in [-0.1, -0.05) is 35.9 Å². The topological polar surface area (TPSA) is 96.0 Å². The first-order valence-corrected chi connectivity index (χ1v) is 13.0. The van der Waals surface area contributed by atoms with Gasteiger partial charge in [-0.15, -0.1) is 0 Å². The van der Waals surface area contributed by atoms with Crippen LogP contribution in [0, 0.1) is 6.92 Å². The van der Waals surface area contributed by atoms with Gasteiger partial charge in [0.05, 0.1) is 19.1 Å². The number of carbonyl (C=O) groups is 2. The van der Waals surface area contributed by atoms with Gasteiger partial charge in [0.1, 0.15) is 18.3 Å². The number of methoxy groups -OCH3 is 1. The summed E-state index contributed by atoms with van der Waals surface area (Å²) in [6.45, 7) is 6.58. The minimum Gasteiger partial charge on any atom is -0.495 e. The van der Waals surface area contributed by atoms with E-state index in [1.54, 1.807) is 49.4 Å². The van der Waals surface area contributed by atoms with Gasteiger partial charge in [0.15, 0.2) is 0 Å². The van der Waals surface area contributed by atoms with E-state index in [2.05, 4.69) is 5.32 Å². The number of aryl methyl sites for hydroxylation is 1. The monoisotopic (exact) mass is 509 g/mol. The van der Waals surface area contributed by atoms with Crippen molar-refractivity contribution in [3.05, 3.63) is 58.6 Å². The number of carbonyl (C=O) groups excluding carboxylic acids is 2. The quantitative estimate of drug-likeness (QED) is 0.529. The van der Waals surface area contributed by atoms with Crippen molar-refractivity contribution in [1.29, 1.82) is 0 Å². The van der Waals surface area contributed by atoms with Gasteiger partial charge in [-0.05, 0) is 57.0 Å². The zero-order chi connectivity index (χ0) is 25.6. The molecule has 0 aliphatic rings. The first-order chi connectivity index (χ1) is 15.8. The van der Waals surface area contributed by atoms with Crippen LogP contribution >= 0.6 is 11.6 Å². The van der Waals surface area contributed by atoms with Gasteiger partial charge < -0.3 is 15.0 Å². The molecule has 0 bridgehead atoms. The molecule has 0 radical (unpaired) electrons. The summed E-state index contributed by atoms with van der Waals surface area (Å²) in [5.41, 5.74) is 1.69. The highest BCUT2D eigenvalue weighted by molar-refractivity contribution is 7.92. The molecule has 0 aliphatic heterocycles. The van der Waals surface area contributed by atoms with Crippen molar-refractivity contribution in [3.63, 3.8) is 0 Å². The lowest BCUT2D eigenvalue weighted by molar-refractivity contribution is -0.139. The van der Waals surface area contributed by atoms with E-state index >= 15 is 0 Å². The molecule has 0 unspecified atom stereocenters. The minimum absolute atomic E-state index is 0.0355. The number of hydrogen-bond donors (Lipinski definition) is 1. The van der Waals surface area contributed by atoms with Crippen molar-refractivity contribution in [2.24, 2.45) is 0 Å². The summed E-state index contributed by atoms with van der Waals surface area (Å²) in [7, 11) is -2.43. The molecule has 186 valence electrons. The Kier molecular flexibility index (Phi) is 9.35. The summed E-state index contributed by atoms with van der Waals surface area (Å²) in [5.74, 6) is -0.596. The Morgan fingerprint density at radius 2 is 1.76 bits per heavy atom. The Hall–Kier alpha value is -2.78. The molecule has 34 heavy (non-hydrogen) atoms. The minimum atomic E-state index is -3.86. The zero-order valence-corrected chi connectivity index (χ0v) is 21.9. The fourth-order valence-electron chi connectivity index (χ4n) is 3.39. The molecule has 0 aromatic heterocycles. The summed E-state index contributed by atoms with van der Waals surface area (Å²) in [4.78, 5) is 27.7. The number of anilines is 1. The summed E-state index contributed by atoms with van der Waals surface area (Å²) in [5, 5.41) is 3.24. The van der Waals surface area contributed by atoms with Crippen LogP contribution in [0.5, 0.6) is 5.75 Å². The number of ether oxygens (including phenoxy) is 1. The molecule has 2 aromatic rings. The normalized spacial score (nSPS) is 12.2. The lowest BCUT2D eigenvalue weighted by atomic mass is 10.1. The molecule has 10 heteroatoms. The standard InChI is InChI=1S/C24H32ClN3O5S/c1-16(2)26-24(30)18(4)27(14-19-9-7-8-10-20(19)25)23(29)15-28(34(6,31)32)21-13-17(3)11-12-22(21)33-5/h7-13,16,18H,14-15H2,1-6H3,(H,26,30)/t18-/m0/s1. The average Bonchev–Trinajstić information content (AvgIpc) is 2.75. The number of rotatable bonds is 10. The molecule has 0 heterocycles. The summed E-state index contributed by atoms with van der Waals surface area (Å²) >= 11 is 6.31. The molecule has 2 rings (SSSR count). The Morgan fingerprint density at radius 3 is 2.32 bits per heavy atom. The van der Waals surface area contributed by atoms with Crippen LogP contribution in [0.1, 0.15) is 31.9 Å². The van der Waals surface area contributed by atoms with Crippen molar-refractivity contribution < 1.29 is 22.7 Å². The van der Waals surface area contributed by atoms with Gasteiger partial charge in [-0.2, -0.15) is 0 Å². The first-order valence-electron chi connectivity index (χ1n) is 10.8. The van der Waals surface area contributed by atoms with Crippen LogP contribution in [0.2, 0.25) is 5.02 Å². The third-order valence-electron chi connectivity index (χ3n) is 5.18. The molecule has 1 N–H and O–H groups in total. The van der Waals surface area contributed by atoms with Crippen molar-refractivity contribution in [1.82, 2.24) is 10.2 Å². The lowest BCUT2D eigenvalue weighted by Gasteiger charge is -2.32. The Morgan fingerprint density at radius 1 is 1.12 bits per heavy atom. The lowest BCUT2D eigenvalue weighted by Crippen LogP contribution is -2.52. The summed E-state index contributed by atoms with van der Waals surface area (Å²) < 4.78 is 31.8. The number of hydrogen-bond acceptors (Lipinski definition) is 5. The first kappa shape index (κ1) is 27.5. The number of benzene rings is 2. The molecule has 0 saturated heterocycles. The van der Waals surface area contributed by atoms with Crippen molar-refractivity contribution in [2.45, 2.75) is 46.3 Å². The Labute approximate surface area is 206 Å². The smallest absolute Gasteiger partial charge is 0.244 e. The Bertz CT molecular complexity index is 1140. The van der Waals surface area contributed by atoms with Crippen molar-refractivity contribution >= 4 is 39.1 Å². The van der Waals surface area contributed by atoms with E-state index in [1.165, 1.54) is 12.0 Å². The van der Waals surface area contributed by atoms with E-state index < -0.39 is 28.5 Å². The number of nitrogens with one attached hydrogen (secondary N) is 1. The van der Waals surface area contributed by atoms with Gasteiger partial charge in [0.2, 0.25) is 21.8 Å². The van der Waals surface area contributed by atoms with Crippen LogP contribution in [-0.2, 0) is 26.2 Å². The molecule has 2 aromatic carbocycles. The van der Waals surface area contributed by atoms with E-state index in [0.29, 0.717) is 16.3 Å². The van der Waals surface area contributed by atoms with E-state index in [9.17, 15) is 18.0 Å². The molecule has 0 aliphatic carbocycles. The predicted octanol–water partition coefficient (Wildman–Crippen LogP) is 3.36. The molecule has 1 atom stereocenters. The highest BCUT2D eigenvalue weighted by atomic mass is 35.5. The molecule has 0 spiro atoms. The molecular formula is C24H32ClN3O5S. The van der Waals surface area contributed by atoms with Gasteiger partial charge >= 0.3 is 0 Å².